The molecule has 1 amide bonds. The zero-order valence-electron chi connectivity index (χ0n) is 11.9. The Morgan fingerprint density at radius 1 is 1.38 bits per heavy atom. The lowest BCUT2D eigenvalue weighted by Gasteiger charge is -2.24. The summed E-state index contributed by atoms with van der Waals surface area (Å²) in [6, 6.07) is 4.37. The summed E-state index contributed by atoms with van der Waals surface area (Å²) in [6.07, 6.45) is 8.44. The predicted molar refractivity (Wildman–Crippen MR) is 82.6 cm³/mol. The molecule has 0 aromatic carbocycles. The van der Waals surface area contributed by atoms with Gasteiger partial charge in [0.15, 0.2) is 0 Å². The van der Waals surface area contributed by atoms with Gasteiger partial charge in [0.2, 0.25) is 0 Å². The van der Waals surface area contributed by atoms with Crippen molar-refractivity contribution in [3.05, 3.63) is 40.3 Å². The quantitative estimate of drug-likeness (QED) is 0.870. The fourth-order valence-electron chi connectivity index (χ4n) is 3.26. The molecule has 21 heavy (non-hydrogen) atoms. The molecule has 3 heterocycles. The normalized spacial score (nSPS) is 21.9. The number of hydrogen-bond donors (Lipinski definition) is 0. The van der Waals surface area contributed by atoms with E-state index < -0.39 is 0 Å². The van der Waals surface area contributed by atoms with Crippen molar-refractivity contribution in [2.75, 3.05) is 6.54 Å². The third kappa shape index (κ3) is 2.50. The molecule has 1 unspecified atom stereocenters. The molecular weight excluding hydrogens is 282 g/mol. The van der Waals surface area contributed by atoms with Crippen molar-refractivity contribution in [2.24, 2.45) is 0 Å². The van der Waals surface area contributed by atoms with Gasteiger partial charge >= 0.3 is 0 Å². The molecule has 5 heteroatoms. The predicted octanol–water partition coefficient (Wildman–Crippen LogP) is 3.13. The van der Waals surface area contributed by atoms with Crippen LogP contribution >= 0.6 is 11.3 Å². The standard InChI is InChI=1S/C16H19N3OS/c20-16(15-14(6-10-21-15)12-4-5-12)19-9-1-3-13(19)11-18-8-2-7-17-18/h2,6-8,10,12-13H,1,3-5,9,11H2. The van der Waals surface area contributed by atoms with E-state index in [9.17, 15) is 4.79 Å². The molecule has 0 N–H and O–H groups in total. The lowest BCUT2D eigenvalue weighted by molar-refractivity contribution is 0.0725. The van der Waals surface area contributed by atoms with Crippen molar-refractivity contribution < 1.29 is 4.79 Å². The molecule has 4 nitrogen and oxygen atoms in total. The minimum absolute atomic E-state index is 0.238. The minimum Gasteiger partial charge on any atom is -0.333 e. The van der Waals surface area contributed by atoms with Gasteiger partial charge in [-0.3, -0.25) is 9.48 Å². The van der Waals surface area contributed by atoms with Gasteiger partial charge in [0, 0.05) is 18.9 Å². The lowest BCUT2D eigenvalue weighted by atomic mass is 10.1. The summed E-state index contributed by atoms with van der Waals surface area (Å²) in [5, 5.41) is 6.34. The summed E-state index contributed by atoms with van der Waals surface area (Å²) >= 11 is 1.61. The van der Waals surface area contributed by atoms with Crippen molar-refractivity contribution in [1.29, 1.82) is 0 Å². The van der Waals surface area contributed by atoms with E-state index in [1.54, 1.807) is 17.5 Å². The van der Waals surface area contributed by atoms with E-state index in [2.05, 4.69) is 21.4 Å². The highest BCUT2D eigenvalue weighted by molar-refractivity contribution is 7.12. The number of carbonyl (C=O) groups excluding carboxylic acids is 1. The number of amides is 1. The molecule has 2 aromatic rings. The van der Waals surface area contributed by atoms with E-state index in [1.807, 2.05) is 16.9 Å². The van der Waals surface area contributed by atoms with Crippen LogP contribution in [0.15, 0.2) is 29.9 Å². The van der Waals surface area contributed by atoms with Crippen LogP contribution in [0.2, 0.25) is 0 Å². The topological polar surface area (TPSA) is 38.1 Å². The van der Waals surface area contributed by atoms with Crippen molar-refractivity contribution in [3.63, 3.8) is 0 Å². The molecule has 0 bridgehead atoms. The summed E-state index contributed by atoms with van der Waals surface area (Å²) in [6.45, 7) is 1.69. The molecular formula is C16H19N3OS. The highest BCUT2D eigenvalue weighted by Crippen LogP contribution is 2.43. The molecule has 2 aliphatic rings. The first-order chi connectivity index (χ1) is 10.3. The number of rotatable bonds is 4. The Balaban J connectivity index is 1.53. The number of carbonyl (C=O) groups is 1. The molecule has 1 saturated heterocycles. The van der Waals surface area contributed by atoms with Crippen LogP contribution in [0.25, 0.3) is 0 Å². The summed E-state index contributed by atoms with van der Waals surface area (Å²) in [4.78, 5) is 16.0. The van der Waals surface area contributed by atoms with Gasteiger partial charge in [-0.2, -0.15) is 5.10 Å². The largest absolute Gasteiger partial charge is 0.333 e. The molecule has 1 aliphatic heterocycles. The summed E-state index contributed by atoms with van der Waals surface area (Å²) in [5.74, 6) is 0.879. The monoisotopic (exact) mass is 301 g/mol. The second-order valence-electron chi connectivity index (χ2n) is 6.00. The van der Waals surface area contributed by atoms with Crippen LogP contribution in [-0.4, -0.2) is 33.2 Å². The molecule has 4 rings (SSSR count). The molecule has 2 fully saturated rings. The van der Waals surface area contributed by atoms with Crippen LogP contribution < -0.4 is 0 Å². The van der Waals surface area contributed by atoms with Crippen LogP contribution in [0.3, 0.4) is 0 Å². The Morgan fingerprint density at radius 3 is 3.05 bits per heavy atom. The molecule has 2 aromatic heterocycles. The first kappa shape index (κ1) is 13.1. The third-order valence-corrected chi connectivity index (χ3v) is 5.42. The maximum absolute atomic E-state index is 12.9. The number of aromatic nitrogens is 2. The maximum Gasteiger partial charge on any atom is 0.264 e. The van der Waals surface area contributed by atoms with E-state index in [4.69, 9.17) is 0 Å². The lowest BCUT2D eigenvalue weighted by Crippen LogP contribution is -2.38. The zero-order valence-corrected chi connectivity index (χ0v) is 12.8. The molecule has 1 aliphatic carbocycles. The Bertz CT molecular complexity index is 630. The summed E-state index contributed by atoms with van der Waals surface area (Å²) in [7, 11) is 0. The van der Waals surface area contributed by atoms with Crippen LogP contribution in [0.1, 0.15) is 46.8 Å². The Hall–Kier alpha value is -1.62. The van der Waals surface area contributed by atoms with Gasteiger partial charge in [0.25, 0.3) is 5.91 Å². The molecule has 0 radical (unpaired) electrons. The third-order valence-electron chi connectivity index (χ3n) is 4.50. The molecule has 1 atom stereocenters. The van der Waals surface area contributed by atoms with E-state index >= 15 is 0 Å². The van der Waals surface area contributed by atoms with Crippen molar-refractivity contribution in [3.8, 4) is 0 Å². The average Bonchev–Trinajstić information content (AvgIpc) is 2.96. The highest BCUT2D eigenvalue weighted by Gasteiger charge is 2.34. The van der Waals surface area contributed by atoms with Gasteiger partial charge in [-0.15, -0.1) is 11.3 Å². The smallest absolute Gasteiger partial charge is 0.264 e. The molecule has 1 saturated carbocycles. The first-order valence-corrected chi connectivity index (χ1v) is 8.56. The van der Waals surface area contributed by atoms with E-state index in [0.717, 1.165) is 30.8 Å². The zero-order chi connectivity index (χ0) is 14.2. The van der Waals surface area contributed by atoms with Crippen LogP contribution in [0, 0.1) is 0 Å². The number of hydrogen-bond acceptors (Lipinski definition) is 3. The highest BCUT2D eigenvalue weighted by atomic mass is 32.1. The van der Waals surface area contributed by atoms with Crippen LogP contribution in [-0.2, 0) is 6.54 Å². The summed E-state index contributed by atoms with van der Waals surface area (Å²) in [5.41, 5.74) is 1.29. The number of nitrogens with zero attached hydrogens (tertiary/aromatic N) is 3. The van der Waals surface area contributed by atoms with Gasteiger partial charge in [-0.05, 0) is 54.7 Å². The fourth-order valence-corrected chi connectivity index (χ4v) is 4.20. The summed E-state index contributed by atoms with van der Waals surface area (Å²) < 4.78 is 1.94. The van der Waals surface area contributed by atoms with Crippen LogP contribution in [0.4, 0.5) is 0 Å². The van der Waals surface area contributed by atoms with Gasteiger partial charge in [-0.1, -0.05) is 0 Å². The number of likely N-dealkylation sites (tertiary alicyclic amines) is 1. The number of thiophene rings is 1. The van der Waals surface area contributed by atoms with Gasteiger partial charge in [-0.25, -0.2) is 0 Å². The van der Waals surface area contributed by atoms with Gasteiger partial charge < -0.3 is 4.90 Å². The van der Waals surface area contributed by atoms with Crippen molar-refractivity contribution >= 4 is 17.2 Å². The van der Waals surface area contributed by atoms with Crippen molar-refractivity contribution in [1.82, 2.24) is 14.7 Å². The van der Waals surface area contributed by atoms with Gasteiger partial charge in [0.05, 0.1) is 17.5 Å². The van der Waals surface area contributed by atoms with Gasteiger partial charge in [0.1, 0.15) is 0 Å². The van der Waals surface area contributed by atoms with E-state index in [0.29, 0.717) is 5.92 Å². The second-order valence-corrected chi connectivity index (χ2v) is 6.92. The Labute approximate surface area is 128 Å². The first-order valence-electron chi connectivity index (χ1n) is 7.68. The van der Waals surface area contributed by atoms with E-state index in [1.165, 1.54) is 18.4 Å². The second kappa shape index (κ2) is 5.30. The maximum atomic E-state index is 12.9. The van der Waals surface area contributed by atoms with Crippen molar-refractivity contribution in [2.45, 2.75) is 44.2 Å². The van der Waals surface area contributed by atoms with Crippen LogP contribution in [0.5, 0.6) is 0 Å². The van der Waals surface area contributed by atoms with E-state index in [-0.39, 0.29) is 11.9 Å². The Kier molecular flexibility index (Phi) is 3.30. The average molecular weight is 301 g/mol. The molecule has 0 spiro atoms. The molecule has 110 valence electrons. The Morgan fingerprint density at radius 2 is 2.29 bits per heavy atom. The minimum atomic E-state index is 0.238. The SMILES string of the molecule is O=C(c1sccc1C1CC1)N1CCCC1Cn1cccn1. The fraction of sp³-hybridized carbons (Fsp3) is 0.500.